The van der Waals surface area contributed by atoms with Crippen LogP contribution in [-0.4, -0.2) is 41.0 Å². The van der Waals surface area contributed by atoms with Gasteiger partial charge in [-0.3, -0.25) is 10.2 Å². The van der Waals surface area contributed by atoms with Gasteiger partial charge in [0.25, 0.3) is 0 Å². The summed E-state index contributed by atoms with van der Waals surface area (Å²) in [5, 5.41) is 3.98. The minimum absolute atomic E-state index is 0.0467. The van der Waals surface area contributed by atoms with Gasteiger partial charge in [-0.25, -0.2) is 10.4 Å². The van der Waals surface area contributed by atoms with Gasteiger partial charge in [-0.2, -0.15) is 0 Å². The molecule has 1 aromatic carbocycles. The quantitative estimate of drug-likeness (QED) is 0.536. The van der Waals surface area contributed by atoms with E-state index >= 15 is 0 Å². The normalized spacial score (nSPS) is 23.9. The molecule has 7 heteroatoms. The fraction of sp³-hybridized carbons (Fsp3) is 0.391. The van der Waals surface area contributed by atoms with Crippen LogP contribution < -0.4 is 21.1 Å². The number of fused-ring (bicyclic) bond motifs is 1. The van der Waals surface area contributed by atoms with Crippen LogP contribution in [0.2, 0.25) is 0 Å². The summed E-state index contributed by atoms with van der Waals surface area (Å²) in [5.74, 6) is 0.165. The SMILES string of the molecule is CC1NNC(C(=O)Nc2cnc3[nH]c(-c4cccc(N5CCCC5)c4)cc3c2)C1C. The maximum Gasteiger partial charge on any atom is 0.243 e. The Hall–Kier alpha value is -2.90. The number of H-pyrrole nitrogens is 1. The van der Waals surface area contributed by atoms with Gasteiger partial charge in [0.2, 0.25) is 5.91 Å². The lowest BCUT2D eigenvalue weighted by atomic mass is 9.97. The summed E-state index contributed by atoms with van der Waals surface area (Å²) in [7, 11) is 0. The average Bonchev–Trinajstić information content (AvgIpc) is 3.49. The van der Waals surface area contributed by atoms with Gasteiger partial charge >= 0.3 is 0 Å². The van der Waals surface area contributed by atoms with E-state index in [4.69, 9.17) is 0 Å². The predicted molar refractivity (Wildman–Crippen MR) is 120 cm³/mol. The van der Waals surface area contributed by atoms with E-state index in [1.165, 1.54) is 18.5 Å². The Bertz CT molecular complexity index is 1070. The van der Waals surface area contributed by atoms with Crippen molar-refractivity contribution >= 4 is 28.3 Å². The third kappa shape index (κ3) is 3.55. The summed E-state index contributed by atoms with van der Waals surface area (Å²) in [6, 6.07) is 12.7. The van der Waals surface area contributed by atoms with E-state index in [2.05, 4.69) is 75.2 Å². The molecule has 30 heavy (non-hydrogen) atoms. The molecule has 4 N–H and O–H groups in total. The van der Waals surface area contributed by atoms with Crippen molar-refractivity contribution in [2.45, 2.75) is 38.8 Å². The zero-order valence-electron chi connectivity index (χ0n) is 17.4. The van der Waals surface area contributed by atoms with Crippen LogP contribution in [0.3, 0.4) is 0 Å². The molecule has 3 atom stereocenters. The van der Waals surface area contributed by atoms with E-state index in [9.17, 15) is 4.79 Å². The number of rotatable bonds is 4. The van der Waals surface area contributed by atoms with Crippen molar-refractivity contribution in [3.8, 4) is 11.3 Å². The first-order valence-electron chi connectivity index (χ1n) is 10.7. The Labute approximate surface area is 176 Å². The Morgan fingerprint density at radius 3 is 2.73 bits per heavy atom. The molecule has 2 aliphatic heterocycles. The molecule has 2 saturated heterocycles. The molecule has 0 saturated carbocycles. The highest BCUT2D eigenvalue weighted by atomic mass is 16.2. The summed E-state index contributed by atoms with van der Waals surface area (Å²) in [6.45, 7) is 6.39. The van der Waals surface area contributed by atoms with Crippen LogP contribution in [0, 0.1) is 5.92 Å². The topological polar surface area (TPSA) is 85.1 Å². The van der Waals surface area contributed by atoms with E-state index < -0.39 is 0 Å². The number of anilines is 2. The minimum atomic E-state index is -0.259. The molecule has 4 heterocycles. The lowest BCUT2D eigenvalue weighted by Crippen LogP contribution is -2.41. The second-order valence-corrected chi connectivity index (χ2v) is 8.49. The number of benzene rings is 1. The molecule has 0 aliphatic carbocycles. The van der Waals surface area contributed by atoms with Crippen LogP contribution in [-0.2, 0) is 4.79 Å². The molecule has 3 aromatic rings. The first-order valence-corrected chi connectivity index (χ1v) is 10.7. The fourth-order valence-corrected chi connectivity index (χ4v) is 4.38. The monoisotopic (exact) mass is 404 g/mol. The highest BCUT2D eigenvalue weighted by Crippen LogP contribution is 2.29. The molecule has 3 unspecified atom stereocenters. The number of hydrogen-bond acceptors (Lipinski definition) is 5. The summed E-state index contributed by atoms with van der Waals surface area (Å²) < 4.78 is 0. The van der Waals surface area contributed by atoms with E-state index in [1.807, 2.05) is 6.07 Å². The Morgan fingerprint density at radius 2 is 1.97 bits per heavy atom. The van der Waals surface area contributed by atoms with E-state index in [0.717, 1.165) is 35.4 Å². The number of carbonyl (C=O) groups excluding carboxylic acids is 1. The van der Waals surface area contributed by atoms with Gasteiger partial charge in [0, 0.05) is 41.5 Å². The van der Waals surface area contributed by atoms with Gasteiger partial charge in [-0.05, 0) is 49.9 Å². The number of nitrogens with zero attached hydrogens (tertiary/aromatic N) is 2. The summed E-state index contributed by atoms with van der Waals surface area (Å²) >= 11 is 0. The molecule has 156 valence electrons. The third-order valence-electron chi connectivity index (χ3n) is 6.43. The Morgan fingerprint density at radius 1 is 1.13 bits per heavy atom. The summed E-state index contributed by atoms with van der Waals surface area (Å²) in [4.78, 5) is 23.0. The van der Waals surface area contributed by atoms with Crippen LogP contribution in [0.15, 0.2) is 42.6 Å². The largest absolute Gasteiger partial charge is 0.372 e. The number of hydrazine groups is 1. The van der Waals surface area contributed by atoms with Crippen molar-refractivity contribution in [2.75, 3.05) is 23.3 Å². The molecule has 7 nitrogen and oxygen atoms in total. The van der Waals surface area contributed by atoms with Crippen molar-refractivity contribution < 1.29 is 4.79 Å². The number of aromatic nitrogens is 2. The molecule has 2 aromatic heterocycles. The van der Waals surface area contributed by atoms with Gasteiger partial charge in [0.15, 0.2) is 0 Å². The lowest BCUT2D eigenvalue weighted by Gasteiger charge is -2.18. The number of aromatic amines is 1. The predicted octanol–water partition coefficient (Wildman–Crippen LogP) is 3.27. The molecular formula is C23H28N6O. The van der Waals surface area contributed by atoms with Crippen LogP contribution >= 0.6 is 0 Å². The van der Waals surface area contributed by atoms with E-state index in [-0.39, 0.29) is 23.9 Å². The van der Waals surface area contributed by atoms with Crippen LogP contribution in [0.25, 0.3) is 22.3 Å². The number of amides is 1. The summed E-state index contributed by atoms with van der Waals surface area (Å²) in [6.07, 6.45) is 4.23. The minimum Gasteiger partial charge on any atom is -0.372 e. The number of pyridine rings is 1. The maximum absolute atomic E-state index is 12.6. The maximum atomic E-state index is 12.6. The Kier molecular flexibility index (Phi) is 4.92. The van der Waals surface area contributed by atoms with Gasteiger partial charge in [0.05, 0.1) is 11.9 Å². The molecule has 5 rings (SSSR count). The van der Waals surface area contributed by atoms with Gasteiger partial charge in [-0.1, -0.05) is 19.1 Å². The van der Waals surface area contributed by atoms with Gasteiger partial charge < -0.3 is 15.2 Å². The van der Waals surface area contributed by atoms with Crippen molar-refractivity contribution in [3.05, 3.63) is 42.6 Å². The van der Waals surface area contributed by atoms with Crippen molar-refractivity contribution in [1.29, 1.82) is 0 Å². The lowest BCUT2D eigenvalue weighted by molar-refractivity contribution is -0.118. The molecule has 2 fully saturated rings. The standard InChI is InChI=1S/C23H28N6O/c1-14-15(2)27-28-21(14)23(30)25-18-10-17-12-20(26-22(17)24-13-18)16-6-5-7-19(11-16)29-8-3-4-9-29/h5-7,10-15,21,27-28H,3-4,8-9H2,1-2H3,(H,24,26)(H,25,30). The molecule has 0 bridgehead atoms. The molecule has 2 aliphatic rings. The zero-order valence-corrected chi connectivity index (χ0v) is 17.4. The summed E-state index contributed by atoms with van der Waals surface area (Å²) in [5.41, 5.74) is 11.2. The van der Waals surface area contributed by atoms with Crippen LogP contribution in [0.1, 0.15) is 26.7 Å². The zero-order chi connectivity index (χ0) is 20.7. The highest BCUT2D eigenvalue weighted by molar-refractivity contribution is 5.97. The molecule has 0 radical (unpaired) electrons. The third-order valence-corrected chi connectivity index (χ3v) is 6.43. The van der Waals surface area contributed by atoms with Crippen molar-refractivity contribution in [1.82, 2.24) is 20.8 Å². The van der Waals surface area contributed by atoms with Crippen LogP contribution in [0.4, 0.5) is 11.4 Å². The first-order chi connectivity index (χ1) is 14.6. The van der Waals surface area contributed by atoms with Crippen LogP contribution in [0.5, 0.6) is 0 Å². The first kappa shape index (κ1) is 19.1. The second-order valence-electron chi connectivity index (χ2n) is 8.49. The fourth-order valence-electron chi connectivity index (χ4n) is 4.38. The number of carbonyl (C=O) groups is 1. The molecule has 0 spiro atoms. The number of nitrogens with one attached hydrogen (secondary N) is 4. The number of hydrogen-bond donors (Lipinski definition) is 4. The van der Waals surface area contributed by atoms with Gasteiger partial charge in [0.1, 0.15) is 11.7 Å². The molecule has 1 amide bonds. The van der Waals surface area contributed by atoms with Crippen molar-refractivity contribution in [3.63, 3.8) is 0 Å². The van der Waals surface area contributed by atoms with Gasteiger partial charge in [-0.15, -0.1) is 0 Å². The van der Waals surface area contributed by atoms with E-state index in [0.29, 0.717) is 5.69 Å². The second kappa shape index (κ2) is 7.74. The Balaban J connectivity index is 1.37. The highest BCUT2D eigenvalue weighted by Gasteiger charge is 2.34. The smallest absolute Gasteiger partial charge is 0.243 e. The van der Waals surface area contributed by atoms with Crippen molar-refractivity contribution in [2.24, 2.45) is 5.92 Å². The molecular weight excluding hydrogens is 376 g/mol. The average molecular weight is 405 g/mol. The van der Waals surface area contributed by atoms with E-state index in [1.54, 1.807) is 6.20 Å².